The summed E-state index contributed by atoms with van der Waals surface area (Å²) in [5.41, 5.74) is 0.854. The highest BCUT2D eigenvalue weighted by atomic mass is 16.6. The first kappa shape index (κ1) is 15.6. The number of nitro groups is 1. The molecule has 1 heterocycles. The molecule has 1 aromatic heterocycles. The van der Waals surface area contributed by atoms with Gasteiger partial charge in [0.1, 0.15) is 6.20 Å². The van der Waals surface area contributed by atoms with Crippen molar-refractivity contribution in [2.75, 3.05) is 19.7 Å². The Hall–Kier alpha value is -2.44. The van der Waals surface area contributed by atoms with E-state index in [2.05, 4.69) is 11.6 Å². The number of pyridine rings is 1. The van der Waals surface area contributed by atoms with E-state index in [0.29, 0.717) is 13.1 Å². The van der Waals surface area contributed by atoms with Gasteiger partial charge in [0.2, 0.25) is 5.75 Å². The predicted molar refractivity (Wildman–Crippen MR) is 73.5 cm³/mol. The van der Waals surface area contributed by atoms with Crippen LogP contribution in [0.4, 0.5) is 5.82 Å². The standard InChI is InChI=1S/C13H17N3O4/c1-4-15(8-10(2)3)12(17)9-20-11-6-5-7-14-13(11)16(18)19/h5-7H,2,4,8-9H2,1,3H3. The zero-order valence-electron chi connectivity index (χ0n) is 11.5. The van der Waals surface area contributed by atoms with Gasteiger partial charge in [-0.05, 0) is 35.9 Å². The summed E-state index contributed by atoms with van der Waals surface area (Å²) in [5, 5.41) is 10.8. The van der Waals surface area contributed by atoms with Gasteiger partial charge < -0.3 is 19.8 Å². The van der Waals surface area contributed by atoms with Crippen LogP contribution in [0.2, 0.25) is 0 Å². The third kappa shape index (κ3) is 4.34. The number of hydrogen-bond donors (Lipinski definition) is 0. The van der Waals surface area contributed by atoms with Gasteiger partial charge in [0.05, 0.1) is 0 Å². The molecule has 20 heavy (non-hydrogen) atoms. The average molecular weight is 279 g/mol. The van der Waals surface area contributed by atoms with E-state index in [0.717, 1.165) is 5.57 Å². The van der Waals surface area contributed by atoms with Crippen molar-refractivity contribution >= 4 is 11.7 Å². The molecule has 0 aliphatic carbocycles. The van der Waals surface area contributed by atoms with Crippen LogP contribution in [0.5, 0.6) is 5.75 Å². The average Bonchev–Trinajstić information content (AvgIpc) is 2.42. The summed E-state index contributed by atoms with van der Waals surface area (Å²) in [6.07, 6.45) is 1.30. The van der Waals surface area contributed by atoms with Crippen molar-refractivity contribution in [2.24, 2.45) is 0 Å². The number of carbonyl (C=O) groups excluding carboxylic acids is 1. The van der Waals surface area contributed by atoms with Crippen LogP contribution in [-0.2, 0) is 4.79 Å². The molecule has 1 aromatic rings. The van der Waals surface area contributed by atoms with Crippen molar-refractivity contribution in [3.8, 4) is 5.75 Å². The summed E-state index contributed by atoms with van der Waals surface area (Å²) >= 11 is 0. The zero-order chi connectivity index (χ0) is 15.1. The number of nitrogens with zero attached hydrogens (tertiary/aromatic N) is 3. The fraction of sp³-hybridized carbons (Fsp3) is 0.385. The van der Waals surface area contributed by atoms with Crippen LogP contribution in [0.3, 0.4) is 0 Å². The molecule has 0 saturated heterocycles. The molecular formula is C13H17N3O4. The lowest BCUT2D eigenvalue weighted by Gasteiger charge is -2.20. The molecule has 0 N–H and O–H groups in total. The van der Waals surface area contributed by atoms with Crippen molar-refractivity contribution in [2.45, 2.75) is 13.8 Å². The van der Waals surface area contributed by atoms with Gasteiger partial charge in [0.15, 0.2) is 6.61 Å². The molecule has 0 aliphatic heterocycles. The third-order valence-electron chi connectivity index (χ3n) is 2.47. The smallest absolute Gasteiger partial charge is 0.406 e. The lowest BCUT2D eigenvalue weighted by Crippen LogP contribution is -2.35. The second-order valence-electron chi connectivity index (χ2n) is 4.24. The molecule has 0 saturated carbocycles. The molecule has 0 bridgehead atoms. The lowest BCUT2D eigenvalue weighted by molar-refractivity contribution is -0.390. The Morgan fingerprint density at radius 3 is 2.85 bits per heavy atom. The maximum atomic E-state index is 11.9. The quantitative estimate of drug-likeness (QED) is 0.431. The topological polar surface area (TPSA) is 85.6 Å². The summed E-state index contributed by atoms with van der Waals surface area (Å²) in [7, 11) is 0. The number of hydrogen-bond acceptors (Lipinski definition) is 5. The van der Waals surface area contributed by atoms with Gasteiger partial charge in [-0.3, -0.25) is 4.79 Å². The van der Waals surface area contributed by atoms with Crippen LogP contribution in [0.15, 0.2) is 30.5 Å². The predicted octanol–water partition coefficient (Wildman–Crippen LogP) is 1.79. The number of carbonyl (C=O) groups is 1. The highest BCUT2D eigenvalue weighted by molar-refractivity contribution is 5.78. The van der Waals surface area contributed by atoms with E-state index in [1.165, 1.54) is 18.3 Å². The Balaban J connectivity index is 2.69. The molecule has 0 spiro atoms. The molecule has 0 aromatic carbocycles. The second kappa shape index (κ2) is 7.22. The SMILES string of the molecule is C=C(C)CN(CC)C(=O)COc1cccnc1[N+](=O)[O-]. The fourth-order valence-corrected chi connectivity index (χ4v) is 1.56. The van der Waals surface area contributed by atoms with E-state index < -0.39 is 10.7 Å². The maximum Gasteiger partial charge on any atom is 0.406 e. The summed E-state index contributed by atoms with van der Waals surface area (Å²) in [4.78, 5) is 27.2. The van der Waals surface area contributed by atoms with Gasteiger partial charge in [-0.1, -0.05) is 12.2 Å². The molecule has 0 unspecified atom stereocenters. The maximum absolute atomic E-state index is 11.9. The van der Waals surface area contributed by atoms with Crippen molar-refractivity contribution in [3.63, 3.8) is 0 Å². The second-order valence-corrected chi connectivity index (χ2v) is 4.24. The van der Waals surface area contributed by atoms with E-state index in [-0.39, 0.29) is 18.3 Å². The molecule has 108 valence electrons. The van der Waals surface area contributed by atoms with Crippen molar-refractivity contribution in [1.29, 1.82) is 0 Å². The van der Waals surface area contributed by atoms with Crippen LogP contribution in [-0.4, -0.2) is 40.4 Å². The highest BCUT2D eigenvalue weighted by Crippen LogP contribution is 2.22. The molecule has 7 heteroatoms. The molecule has 7 nitrogen and oxygen atoms in total. The number of rotatable bonds is 7. The van der Waals surface area contributed by atoms with Gasteiger partial charge in [0.25, 0.3) is 5.91 Å². The van der Waals surface area contributed by atoms with E-state index in [1.54, 1.807) is 4.90 Å². The Morgan fingerprint density at radius 2 is 2.30 bits per heavy atom. The van der Waals surface area contributed by atoms with Gasteiger partial charge in [-0.25, -0.2) is 0 Å². The summed E-state index contributed by atoms with van der Waals surface area (Å²) < 4.78 is 5.20. The summed E-state index contributed by atoms with van der Waals surface area (Å²) in [6.45, 7) is 8.10. The Bertz CT molecular complexity index is 516. The molecule has 0 fully saturated rings. The summed E-state index contributed by atoms with van der Waals surface area (Å²) in [5.74, 6) is -0.672. The molecule has 1 rings (SSSR count). The van der Waals surface area contributed by atoms with E-state index in [1.807, 2.05) is 13.8 Å². The Labute approximate surface area is 117 Å². The van der Waals surface area contributed by atoms with Gasteiger partial charge in [-0.15, -0.1) is 0 Å². The summed E-state index contributed by atoms with van der Waals surface area (Å²) in [6, 6.07) is 2.92. The molecule has 0 aliphatic rings. The van der Waals surface area contributed by atoms with E-state index in [4.69, 9.17) is 4.74 Å². The fourth-order valence-electron chi connectivity index (χ4n) is 1.56. The highest BCUT2D eigenvalue weighted by Gasteiger charge is 2.18. The molecule has 0 radical (unpaired) electrons. The minimum absolute atomic E-state index is 0.0165. The first-order valence-corrected chi connectivity index (χ1v) is 6.10. The Kier molecular flexibility index (Phi) is 5.64. The molecule has 0 atom stereocenters. The van der Waals surface area contributed by atoms with Gasteiger partial charge in [-0.2, -0.15) is 0 Å². The largest absolute Gasteiger partial charge is 0.476 e. The number of amides is 1. The number of aromatic nitrogens is 1. The molecular weight excluding hydrogens is 262 g/mol. The monoisotopic (exact) mass is 279 g/mol. The first-order chi connectivity index (χ1) is 9.45. The van der Waals surface area contributed by atoms with Crippen molar-refractivity contribution in [1.82, 2.24) is 9.88 Å². The van der Waals surface area contributed by atoms with Crippen LogP contribution in [0, 0.1) is 10.1 Å². The lowest BCUT2D eigenvalue weighted by atomic mass is 10.3. The van der Waals surface area contributed by atoms with Gasteiger partial charge in [0, 0.05) is 13.1 Å². The minimum atomic E-state index is -0.648. The third-order valence-corrected chi connectivity index (χ3v) is 2.47. The van der Waals surface area contributed by atoms with Crippen LogP contribution < -0.4 is 4.74 Å². The van der Waals surface area contributed by atoms with E-state index >= 15 is 0 Å². The minimum Gasteiger partial charge on any atom is -0.476 e. The van der Waals surface area contributed by atoms with Crippen LogP contribution >= 0.6 is 0 Å². The molecule has 1 amide bonds. The Morgan fingerprint density at radius 1 is 1.60 bits per heavy atom. The zero-order valence-corrected chi connectivity index (χ0v) is 11.5. The van der Waals surface area contributed by atoms with Crippen LogP contribution in [0.1, 0.15) is 13.8 Å². The first-order valence-electron chi connectivity index (χ1n) is 6.10. The van der Waals surface area contributed by atoms with Crippen molar-refractivity contribution in [3.05, 3.63) is 40.6 Å². The number of ether oxygens (including phenoxy) is 1. The van der Waals surface area contributed by atoms with Crippen molar-refractivity contribution < 1.29 is 14.5 Å². The van der Waals surface area contributed by atoms with E-state index in [9.17, 15) is 14.9 Å². The van der Waals surface area contributed by atoms with Gasteiger partial charge >= 0.3 is 5.82 Å². The normalized spacial score (nSPS) is 9.90. The van der Waals surface area contributed by atoms with Crippen LogP contribution in [0.25, 0.3) is 0 Å². The number of likely N-dealkylation sites (N-methyl/N-ethyl adjacent to an activating group) is 1.